The number of nitrogens with one attached hydrogen (secondary N) is 9. The number of anilines is 2. The lowest BCUT2D eigenvalue weighted by Gasteiger charge is -2.32. The summed E-state index contributed by atoms with van der Waals surface area (Å²) in [6, 6.07) is 19.4. The highest BCUT2D eigenvalue weighted by atomic mass is 35.5. The summed E-state index contributed by atoms with van der Waals surface area (Å²) in [5.41, 5.74) is 21.0. The number of nitrogens with two attached hydrogens (primary N) is 3. The normalized spacial score (nSPS) is 20.9. The number of phenols is 2. The van der Waals surface area contributed by atoms with E-state index < -0.39 is 108 Å². The van der Waals surface area contributed by atoms with E-state index in [1.165, 1.54) is 50.4 Å². The van der Waals surface area contributed by atoms with Crippen LogP contribution in [0.3, 0.4) is 0 Å². The number of aliphatic hydroxyl groups is 2. The lowest BCUT2D eigenvalue weighted by Crippen LogP contribution is -2.63. The zero-order chi connectivity index (χ0) is 63.9. The highest BCUT2D eigenvalue weighted by Gasteiger charge is 2.37. The van der Waals surface area contributed by atoms with Crippen LogP contribution in [-0.4, -0.2) is 154 Å². The molecular formula is C60H75ClN12O13S2. The van der Waals surface area contributed by atoms with Gasteiger partial charge in [-0.3, -0.25) is 38.9 Å². The molecular weight excluding hydrogens is 1200 g/mol. The van der Waals surface area contributed by atoms with E-state index in [0.29, 0.717) is 50.8 Å². The van der Waals surface area contributed by atoms with Gasteiger partial charge in [-0.05, 0) is 147 Å². The van der Waals surface area contributed by atoms with Crippen LogP contribution < -0.4 is 69.8 Å². The molecule has 6 rings (SSSR count). The van der Waals surface area contributed by atoms with Crippen molar-refractivity contribution in [2.24, 2.45) is 17.2 Å². The van der Waals surface area contributed by atoms with Crippen LogP contribution >= 0.6 is 33.2 Å². The predicted octanol–water partition coefficient (Wildman–Crippen LogP) is 1.58. The van der Waals surface area contributed by atoms with Crippen LogP contribution in [-0.2, 0) is 59.2 Å². The minimum Gasteiger partial charge on any atom is -0.508 e. The second kappa shape index (κ2) is 34.4. The number of phenolic OH excluding ortho intramolecular Hbond substituents is 2. The fourth-order valence-corrected chi connectivity index (χ4v) is 11.5. The third-order valence-corrected chi connectivity index (χ3v) is 16.7. The summed E-state index contributed by atoms with van der Waals surface area (Å²) in [7, 11) is 3.46. The Morgan fingerprint density at radius 2 is 1.23 bits per heavy atom. The van der Waals surface area contributed by atoms with Gasteiger partial charge in [0, 0.05) is 34.3 Å². The van der Waals surface area contributed by atoms with Gasteiger partial charge >= 0.3 is 6.03 Å². The van der Waals surface area contributed by atoms with Crippen LogP contribution in [0, 0.1) is 0 Å². The number of aliphatic hydroxyl groups excluding tert-OH is 2. The number of urea groups is 1. The monoisotopic (exact) mass is 1270 g/mol. The number of methoxy groups -OCH3 is 1. The molecule has 0 radical (unpaired) electrons. The van der Waals surface area contributed by atoms with Gasteiger partial charge in [0.05, 0.1) is 31.3 Å². The Labute approximate surface area is 521 Å². The van der Waals surface area contributed by atoms with Crippen molar-refractivity contribution in [3.63, 3.8) is 0 Å². The van der Waals surface area contributed by atoms with E-state index >= 15 is 0 Å². The Bertz CT molecular complexity index is 3140. The smallest absolute Gasteiger partial charge is 0.323 e. The van der Waals surface area contributed by atoms with Gasteiger partial charge in [0.25, 0.3) is 0 Å². The molecule has 0 bridgehead atoms. The molecule has 10 atom stereocenters. The first-order chi connectivity index (χ1) is 42.1. The number of ether oxygens (including phenoxy) is 1. The van der Waals surface area contributed by atoms with E-state index in [1.807, 2.05) is 0 Å². The largest absolute Gasteiger partial charge is 0.508 e. The van der Waals surface area contributed by atoms with Crippen LogP contribution in [0.1, 0.15) is 48.4 Å². The quantitative estimate of drug-likeness (QED) is 0.0366. The summed E-state index contributed by atoms with van der Waals surface area (Å²) in [6.07, 6.45) is -3.18. The molecule has 1 fully saturated rings. The molecule has 2 unspecified atom stereocenters. The van der Waals surface area contributed by atoms with Crippen LogP contribution in [0.2, 0.25) is 5.02 Å². The number of hydrogen-bond donors (Lipinski definition) is 16. The molecule has 5 aromatic rings. The van der Waals surface area contributed by atoms with Crippen LogP contribution in [0.25, 0.3) is 0 Å². The molecule has 25 nitrogen and oxygen atoms in total. The van der Waals surface area contributed by atoms with Crippen LogP contribution in [0.15, 0.2) is 121 Å². The second-order valence-electron chi connectivity index (χ2n) is 20.9. The number of hydrogen-bond acceptors (Lipinski definition) is 18. The molecule has 0 spiro atoms. The summed E-state index contributed by atoms with van der Waals surface area (Å²) in [6.45, 7) is 1.43. The predicted molar refractivity (Wildman–Crippen MR) is 336 cm³/mol. The van der Waals surface area contributed by atoms with Gasteiger partial charge in [-0.25, -0.2) is 4.79 Å². The first kappa shape index (κ1) is 69.0. The number of aromatic hydroxyl groups is 2. The van der Waals surface area contributed by atoms with Crippen molar-refractivity contribution < 1.29 is 63.5 Å². The van der Waals surface area contributed by atoms with Gasteiger partial charge in [0.2, 0.25) is 41.4 Å². The maximum atomic E-state index is 14.9. The zero-order valence-electron chi connectivity index (χ0n) is 48.3. The number of unbranched alkanes of at least 4 members (excludes halogenated alkanes) is 1. The molecule has 1 saturated heterocycles. The number of carbonyl (C=O) groups is 8. The van der Waals surface area contributed by atoms with Crippen molar-refractivity contribution in [1.29, 1.82) is 0 Å². The van der Waals surface area contributed by atoms with Gasteiger partial charge in [-0.2, -0.15) is 0 Å². The Balaban J connectivity index is 1.37. The van der Waals surface area contributed by atoms with E-state index in [4.69, 9.17) is 33.5 Å². The topological polar surface area (TPSA) is 413 Å². The van der Waals surface area contributed by atoms with Gasteiger partial charge in [-0.15, -0.1) is 0 Å². The summed E-state index contributed by atoms with van der Waals surface area (Å²) in [4.78, 5) is 113. The molecule has 1 aliphatic heterocycles. The third-order valence-electron chi connectivity index (χ3n) is 14.0. The maximum Gasteiger partial charge on any atom is 0.323 e. The molecule has 28 heteroatoms. The molecule has 9 amide bonds. The summed E-state index contributed by atoms with van der Waals surface area (Å²) in [5.74, 6) is -6.34. The molecule has 1 heterocycles. The highest BCUT2D eigenvalue weighted by Crippen LogP contribution is 2.25. The molecule has 19 N–H and O–H groups in total. The van der Waals surface area contributed by atoms with Gasteiger partial charge < -0.3 is 84.9 Å². The first-order valence-corrected chi connectivity index (χ1v) is 31.0. The maximum absolute atomic E-state index is 14.9. The Kier molecular flexibility index (Phi) is 27.0. The molecule has 0 aliphatic carbocycles. The van der Waals surface area contributed by atoms with E-state index in [0.717, 1.165) is 21.6 Å². The van der Waals surface area contributed by atoms with Crippen LogP contribution in [0.4, 0.5) is 16.2 Å². The lowest BCUT2D eigenvalue weighted by molar-refractivity contribution is -0.136. The fraction of sp³-hybridized carbons (Fsp3) is 0.367. The van der Waals surface area contributed by atoms with Crippen molar-refractivity contribution in [2.75, 3.05) is 35.8 Å². The van der Waals surface area contributed by atoms with E-state index in [2.05, 4.69) is 47.9 Å². The van der Waals surface area contributed by atoms with Gasteiger partial charge in [0.1, 0.15) is 53.7 Å². The number of benzene rings is 5. The minimum absolute atomic E-state index is 0.0330. The lowest BCUT2D eigenvalue weighted by atomic mass is 10.00. The van der Waals surface area contributed by atoms with Crippen molar-refractivity contribution in [3.8, 4) is 17.2 Å². The molecule has 0 aromatic heterocycles. The SMILES string of the molecule is COc1ccc(NC(=O)Nc2ccc(C[C@H]3NC(O)[C@H](Cc4ccc(O)cc4)NC(=O)[C@H](NC(=O)[C@@H](N)Cc4ccc(Cl)cc4)CSSC[C@@H](C(=O)NC(Cc4ccc(O)cc4)C(N)=O)NC(=O)[C@H]([C@@H](C)O)NC(=O)[C@H](CCCCN)NC3=O)cc2)cc1. The number of rotatable bonds is 21. The summed E-state index contributed by atoms with van der Waals surface area (Å²) < 4.78 is 5.19. The minimum atomic E-state index is -1.79. The number of amides is 9. The van der Waals surface area contributed by atoms with Gasteiger partial charge in [-0.1, -0.05) is 81.7 Å². The molecule has 0 saturated carbocycles. The average molecular weight is 1270 g/mol. The molecule has 472 valence electrons. The Morgan fingerprint density at radius 3 is 1.82 bits per heavy atom. The molecule has 1 aliphatic rings. The van der Waals surface area contributed by atoms with Crippen molar-refractivity contribution in [1.82, 2.24) is 37.2 Å². The third kappa shape index (κ3) is 22.2. The average Bonchev–Trinajstić information content (AvgIpc) is 3.25. The number of primary amides is 1. The van der Waals surface area contributed by atoms with Crippen molar-refractivity contribution in [2.45, 2.75) is 113 Å². The number of carbonyl (C=O) groups excluding carboxylic acids is 8. The van der Waals surface area contributed by atoms with Crippen LogP contribution in [0.5, 0.6) is 17.2 Å². The Morgan fingerprint density at radius 1 is 0.682 bits per heavy atom. The first-order valence-electron chi connectivity index (χ1n) is 28.1. The molecule has 88 heavy (non-hydrogen) atoms. The molecule has 5 aromatic carbocycles. The number of halogens is 1. The van der Waals surface area contributed by atoms with E-state index in [9.17, 15) is 58.8 Å². The van der Waals surface area contributed by atoms with Gasteiger partial charge in [0.15, 0.2) is 0 Å². The van der Waals surface area contributed by atoms with Crippen molar-refractivity contribution in [3.05, 3.63) is 149 Å². The van der Waals surface area contributed by atoms with Crippen molar-refractivity contribution >= 4 is 91.9 Å². The van der Waals surface area contributed by atoms with E-state index in [-0.39, 0.29) is 68.1 Å². The second-order valence-corrected chi connectivity index (χ2v) is 23.9. The van der Waals surface area contributed by atoms with E-state index in [1.54, 1.807) is 84.9 Å². The fourth-order valence-electron chi connectivity index (χ4n) is 9.05. The standard InChI is InChI=1S/C60H75ClN12O13S2/c1-33(74)51-59(84)72-50(57(82)68-46(52(64)77)28-36-10-20-41(75)21-11-36)32-88-87-31-49(71-53(78)44(63)27-34-6-14-38(61)15-7-34)58(83)70-48(30-37-12-22-42(76)23-13-37)56(81)69-47(55(80)67-45(54(79)73-51)5-3-4-26-62)29-35-8-16-39(17-9-35)65-60(85)66-40-18-24-43(86-2)25-19-40/h6-25,33,44-51,56,69,74-76,81H,3-5,26-32,62-63H2,1-2H3,(H2,64,77)(H,67,80)(H,68,82)(H,70,83)(H,71,78)(H,72,84)(H,73,79)(H2,65,66,85)/t33-,44+,45+,46?,47-,48+,49-,50+,51+,56?/m1/s1. The highest BCUT2D eigenvalue weighted by molar-refractivity contribution is 8.76. The Hall–Kier alpha value is -8.15. The zero-order valence-corrected chi connectivity index (χ0v) is 50.7. The summed E-state index contributed by atoms with van der Waals surface area (Å²) in [5, 5.41) is 68.3. The summed E-state index contributed by atoms with van der Waals surface area (Å²) >= 11 is 6.10.